The van der Waals surface area contributed by atoms with Crippen molar-refractivity contribution in [2.45, 2.75) is 52.0 Å². The summed E-state index contributed by atoms with van der Waals surface area (Å²) in [5.41, 5.74) is 0.867. The van der Waals surface area contributed by atoms with Crippen molar-refractivity contribution in [1.82, 2.24) is 10.2 Å². The van der Waals surface area contributed by atoms with Crippen LogP contribution in [0.25, 0.3) is 0 Å². The summed E-state index contributed by atoms with van der Waals surface area (Å²) in [6.45, 7) is 12.8. The molecule has 0 amide bonds. The van der Waals surface area contributed by atoms with Crippen LogP contribution in [0.15, 0.2) is 0 Å². The Morgan fingerprint density at radius 2 is 2.05 bits per heavy atom. The van der Waals surface area contributed by atoms with E-state index in [1.54, 1.807) is 0 Å². The average Bonchev–Trinajstić information content (AvgIpc) is 2.94. The van der Waals surface area contributed by atoms with Gasteiger partial charge < -0.3 is 15.0 Å². The fourth-order valence-corrected chi connectivity index (χ4v) is 3.13. The van der Waals surface area contributed by atoms with Gasteiger partial charge in [0.05, 0.1) is 0 Å². The third kappa shape index (κ3) is 5.05. The highest BCUT2D eigenvalue weighted by Crippen LogP contribution is 2.49. The summed E-state index contributed by atoms with van der Waals surface area (Å²) in [7, 11) is 1.82. The molecule has 0 aromatic heterocycles. The van der Waals surface area contributed by atoms with Crippen LogP contribution in [0, 0.1) is 11.3 Å². The van der Waals surface area contributed by atoms with E-state index in [0.717, 1.165) is 12.5 Å². The summed E-state index contributed by atoms with van der Waals surface area (Å²) in [6.07, 6.45) is 5.45. The number of hydrogen-bond donors (Lipinski definition) is 1. The average molecular weight is 268 g/mol. The van der Waals surface area contributed by atoms with E-state index in [0.29, 0.717) is 5.41 Å². The molecule has 19 heavy (non-hydrogen) atoms. The van der Waals surface area contributed by atoms with Crippen LogP contribution in [0.2, 0.25) is 0 Å². The molecule has 0 radical (unpaired) electrons. The second-order valence-corrected chi connectivity index (χ2v) is 7.76. The Morgan fingerprint density at radius 3 is 2.63 bits per heavy atom. The summed E-state index contributed by atoms with van der Waals surface area (Å²) in [6, 6.07) is 0. The van der Waals surface area contributed by atoms with Gasteiger partial charge in [-0.05, 0) is 70.9 Å². The lowest BCUT2D eigenvalue weighted by Gasteiger charge is -2.25. The van der Waals surface area contributed by atoms with Crippen molar-refractivity contribution in [2.75, 3.05) is 39.9 Å². The van der Waals surface area contributed by atoms with E-state index in [2.05, 4.69) is 31.0 Å². The molecule has 1 heterocycles. The molecule has 1 N–H and O–H groups in total. The number of ether oxygens (including phenoxy) is 1. The van der Waals surface area contributed by atoms with E-state index >= 15 is 0 Å². The van der Waals surface area contributed by atoms with Crippen LogP contribution >= 0.6 is 0 Å². The minimum atomic E-state index is 0.254. The zero-order valence-corrected chi connectivity index (χ0v) is 13.3. The van der Waals surface area contributed by atoms with Gasteiger partial charge in [-0.15, -0.1) is 0 Å². The van der Waals surface area contributed by atoms with Crippen LogP contribution in [-0.2, 0) is 4.74 Å². The summed E-state index contributed by atoms with van der Waals surface area (Å²) >= 11 is 0. The van der Waals surface area contributed by atoms with Gasteiger partial charge in [-0.2, -0.15) is 0 Å². The van der Waals surface area contributed by atoms with Gasteiger partial charge in [-0.3, -0.25) is 0 Å². The van der Waals surface area contributed by atoms with Crippen LogP contribution in [0.4, 0.5) is 0 Å². The van der Waals surface area contributed by atoms with E-state index in [1.807, 2.05) is 7.11 Å². The maximum absolute atomic E-state index is 5.25. The molecule has 1 atom stereocenters. The van der Waals surface area contributed by atoms with Crippen molar-refractivity contribution >= 4 is 0 Å². The highest BCUT2D eigenvalue weighted by molar-refractivity contribution is 4.96. The van der Waals surface area contributed by atoms with Gasteiger partial charge in [0.15, 0.2) is 0 Å². The quantitative estimate of drug-likeness (QED) is 0.768. The predicted octanol–water partition coefficient (Wildman–Crippen LogP) is 2.51. The molecule has 2 rings (SSSR count). The monoisotopic (exact) mass is 268 g/mol. The fourth-order valence-electron chi connectivity index (χ4n) is 3.13. The minimum Gasteiger partial charge on any atom is -0.385 e. The van der Waals surface area contributed by atoms with Crippen LogP contribution < -0.4 is 5.32 Å². The molecule has 2 aliphatic rings. The van der Waals surface area contributed by atoms with Crippen molar-refractivity contribution in [3.05, 3.63) is 0 Å². The topological polar surface area (TPSA) is 24.5 Å². The predicted molar refractivity (Wildman–Crippen MR) is 80.5 cm³/mol. The number of methoxy groups -OCH3 is 1. The number of nitrogens with one attached hydrogen (secondary N) is 1. The van der Waals surface area contributed by atoms with Gasteiger partial charge >= 0.3 is 0 Å². The number of nitrogens with zero attached hydrogens (tertiary/aromatic N) is 1. The molecule has 1 saturated heterocycles. The molecule has 112 valence electrons. The molecule has 3 heteroatoms. The number of hydrogen-bond acceptors (Lipinski definition) is 3. The molecule has 0 aromatic rings. The Hall–Kier alpha value is -0.120. The summed E-state index contributed by atoms with van der Waals surface area (Å²) in [5.74, 6) is 0.845. The van der Waals surface area contributed by atoms with Crippen LogP contribution in [-0.4, -0.2) is 50.3 Å². The van der Waals surface area contributed by atoms with Crippen LogP contribution in [0.1, 0.15) is 46.5 Å². The third-order valence-corrected chi connectivity index (χ3v) is 4.64. The molecule has 0 bridgehead atoms. The van der Waals surface area contributed by atoms with Gasteiger partial charge in [0.1, 0.15) is 0 Å². The Bertz CT molecular complexity index is 281. The summed E-state index contributed by atoms with van der Waals surface area (Å²) < 4.78 is 5.25. The van der Waals surface area contributed by atoms with E-state index in [4.69, 9.17) is 4.74 Å². The van der Waals surface area contributed by atoms with E-state index in [-0.39, 0.29) is 5.54 Å². The SMILES string of the molecule is COCCC1(CN2CCC(CNC(C)(C)C)C2)CC1. The zero-order chi connectivity index (χ0) is 13.9. The lowest BCUT2D eigenvalue weighted by Crippen LogP contribution is -2.40. The largest absolute Gasteiger partial charge is 0.385 e. The number of rotatable bonds is 7. The summed E-state index contributed by atoms with van der Waals surface area (Å²) in [5, 5.41) is 3.65. The first kappa shape index (κ1) is 15.3. The maximum atomic E-state index is 5.25. The lowest BCUT2D eigenvalue weighted by atomic mass is 10.0. The van der Waals surface area contributed by atoms with Gasteiger partial charge in [0.25, 0.3) is 0 Å². The lowest BCUT2D eigenvalue weighted by molar-refractivity contribution is 0.153. The Kier molecular flexibility index (Phi) is 4.91. The first-order chi connectivity index (χ1) is 8.92. The molecule has 1 aliphatic carbocycles. The van der Waals surface area contributed by atoms with Crippen molar-refractivity contribution in [1.29, 1.82) is 0 Å². The van der Waals surface area contributed by atoms with Crippen molar-refractivity contribution in [3.8, 4) is 0 Å². The van der Waals surface area contributed by atoms with Crippen molar-refractivity contribution < 1.29 is 4.74 Å². The normalized spacial score (nSPS) is 26.8. The second-order valence-electron chi connectivity index (χ2n) is 7.76. The molecule has 3 nitrogen and oxygen atoms in total. The maximum Gasteiger partial charge on any atom is 0.0468 e. The first-order valence-corrected chi connectivity index (χ1v) is 7.89. The highest BCUT2D eigenvalue weighted by Gasteiger charge is 2.44. The molecule has 1 aliphatic heterocycles. The Balaban J connectivity index is 1.68. The summed E-state index contributed by atoms with van der Waals surface area (Å²) in [4.78, 5) is 2.69. The third-order valence-electron chi connectivity index (χ3n) is 4.64. The van der Waals surface area contributed by atoms with E-state index < -0.39 is 0 Å². The zero-order valence-electron chi connectivity index (χ0n) is 13.3. The molecular weight excluding hydrogens is 236 g/mol. The molecule has 1 saturated carbocycles. The highest BCUT2D eigenvalue weighted by atomic mass is 16.5. The van der Waals surface area contributed by atoms with E-state index in [1.165, 1.54) is 51.9 Å². The second kappa shape index (κ2) is 6.11. The Labute approximate surface area is 119 Å². The van der Waals surface area contributed by atoms with E-state index in [9.17, 15) is 0 Å². The molecule has 0 spiro atoms. The standard InChI is InChI=1S/C16H32N2O/c1-15(2,3)17-11-14-5-9-18(12-14)13-16(6-7-16)8-10-19-4/h14,17H,5-13H2,1-4H3. The van der Waals surface area contributed by atoms with Crippen LogP contribution in [0.5, 0.6) is 0 Å². The van der Waals surface area contributed by atoms with Gasteiger partial charge in [-0.25, -0.2) is 0 Å². The fraction of sp³-hybridized carbons (Fsp3) is 1.00. The molecule has 1 unspecified atom stereocenters. The Morgan fingerprint density at radius 1 is 1.32 bits per heavy atom. The van der Waals surface area contributed by atoms with Gasteiger partial charge in [0, 0.05) is 32.3 Å². The van der Waals surface area contributed by atoms with Crippen molar-refractivity contribution in [3.63, 3.8) is 0 Å². The smallest absolute Gasteiger partial charge is 0.0468 e. The van der Waals surface area contributed by atoms with Crippen molar-refractivity contribution in [2.24, 2.45) is 11.3 Å². The first-order valence-electron chi connectivity index (χ1n) is 7.89. The van der Waals surface area contributed by atoms with Crippen LogP contribution in [0.3, 0.4) is 0 Å². The molecule has 2 fully saturated rings. The van der Waals surface area contributed by atoms with Gasteiger partial charge in [-0.1, -0.05) is 0 Å². The number of likely N-dealkylation sites (tertiary alicyclic amines) is 1. The molecule has 0 aromatic carbocycles. The minimum absolute atomic E-state index is 0.254. The molecular formula is C16H32N2O. The van der Waals surface area contributed by atoms with Gasteiger partial charge in [0.2, 0.25) is 0 Å².